The van der Waals surface area contributed by atoms with Gasteiger partial charge in [-0.25, -0.2) is 0 Å². The van der Waals surface area contributed by atoms with Gasteiger partial charge >= 0.3 is 0 Å². The molecule has 0 spiro atoms. The van der Waals surface area contributed by atoms with Crippen LogP contribution in [0.3, 0.4) is 0 Å². The molecule has 0 saturated heterocycles. The predicted octanol–water partition coefficient (Wildman–Crippen LogP) is 2.36. The summed E-state index contributed by atoms with van der Waals surface area (Å²) >= 11 is 0. The third-order valence-corrected chi connectivity index (χ3v) is 3.64. The summed E-state index contributed by atoms with van der Waals surface area (Å²) in [6.45, 7) is 5.13. The van der Waals surface area contributed by atoms with Crippen LogP contribution in [0.5, 0.6) is 0 Å². The molecule has 0 N–H and O–H groups in total. The van der Waals surface area contributed by atoms with Gasteiger partial charge in [0.25, 0.3) is 11.5 Å². The Morgan fingerprint density at radius 2 is 1.95 bits per heavy atom. The molecule has 110 valence electrons. The molecule has 4 nitrogen and oxygen atoms in total. The fourth-order valence-corrected chi connectivity index (χ4v) is 2.18. The second-order valence-corrected chi connectivity index (χ2v) is 5.11. The molecule has 2 aromatic rings. The Morgan fingerprint density at radius 1 is 1.24 bits per heavy atom. The molecule has 0 saturated carbocycles. The third kappa shape index (κ3) is 3.40. The molecule has 1 heterocycles. The molecule has 1 amide bonds. The lowest BCUT2D eigenvalue weighted by atomic mass is 10.1. The number of amides is 1. The van der Waals surface area contributed by atoms with Crippen molar-refractivity contribution in [1.82, 2.24) is 9.47 Å². The second kappa shape index (κ2) is 6.39. The number of aryl methyl sites for hydroxylation is 2. The van der Waals surface area contributed by atoms with Gasteiger partial charge in [0.05, 0.1) is 0 Å². The van der Waals surface area contributed by atoms with E-state index in [2.05, 4.69) is 0 Å². The van der Waals surface area contributed by atoms with Gasteiger partial charge in [0, 0.05) is 38.0 Å². The molecular weight excluding hydrogens is 264 g/mol. The first-order chi connectivity index (χ1) is 10.0. The van der Waals surface area contributed by atoms with Crippen molar-refractivity contribution in [3.8, 4) is 0 Å². The first kappa shape index (κ1) is 15.0. The molecule has 21 heavy (non-hydrogen) atoms. The number of carbonyl (C=O) groups is 1. The van der Waals surface area contributed by atoms with Gasteiger partial charge in [0.15, 0.2) is 0 Å². The zero-order valence-electron chi connectivity index (χ0n) is 12.7. The molecule has 2 rings (SSSR count). The minimum Gasteiger partial charge on any atom is -0.335 e. The Hall–Kier alpha value is -2.36. The molecule has 0 aliphatic rings. The molecule has 1 aromatic carbocycles. The molecular formula is C17H20N2O2. The number of aromatic nitrogens is 1. The predicted molar refractivity (Wildman–Crippen MR) is 83.3 cm³/mol. The number of hydrogen-bond acceptors (Lipinski definition) is 2. The van der Waals surface area contributed by atoms with E-state index >= 15 is 0 Å². The van der Waals surface area contributed by atoms with Crippen LogP contribution in [0.25, 0.3) is 0 Å². The number of pyridine rings is 1. The summed E-state index contributed by atoms with van der Waals surface area (Å²) in [7, 11) is 1.67. The van der Waals surface area contributed by atoms with E-state index in [0.29, 0.717) is 18.7 Å². The Bertz CT molecular complexity index is 704. The molecule has 0 aliphatic carbocycles. The lowest BCUT2D eigenvalue weighted by Crippen LogP contribution is -2.31. The topological polar surface area (TPSA) is 42.3 Å². The van der Waals surface area contributed by atoms with Gasteiger partial charge in [0.2, 0.25) is 0 Å². The summed E-state index contributed by atoms with van der Waals surface area (Å²) in [5.74, 6) is -0.113. The molecule has 0 radical (unpaired) electrons. The van der Waals surface area contributed by atoms with E-state index in [9.17, 15) is 9.59 Å². The van der Waals surface area contributed by atoms with Crippen LogP contribution in [-0.2, 0) is 13.6 Å². The summed E-state index contributed by atoms with van der Waals surface area (Å²) in [6.07, 6.45) is 1.62. The average molecular weight is 284 g/mol. The Kier molecular flexibility index (Phi) is 4.58. The fraction of sp³-hybridized carbons (Fsp3) is 0.294. The zero-order chi connectivity index (χ0) is 15.4. The summed E-state index contributed by atoms with van der Waals surface area (Å²) < 4.78 is 1.45. The van der Waals surface area contributed by atoms with E-state index in [1.807, 2.05) is 38.1 Å². The maximum atomic E-state index is 12.5. The number of carbonyl (C=O) groups excluding carboxylic acids is 1. The van der Waals surface area contributed by atoms with Crippen molar-refractivity contribution < 1.29 is 4.79 Å². The van der Waals surface area contributed by atoms with Gasteiger partial charge in [-0.2, -0.15) is 0 Å². The van der Waals surface area contributed by atoms with E-state index < -0.39 is 0 Å². The van der Waals surface area contributed by atoms with Crippen LogP contribution in [0.15, 0.2) is 47.4 Å². The van der Waals surface area contributed by atoms with Crippen LogP contribution in [-0.4, -0.2) is 21.9 Å². The van der Waals surface area contributed by atoms with Crippen molar-refractivity contribution in [3.63, 3.8) is 0 Å². The van der Waals surface area contributed by atoms with Crippen LogP contribution in [0.2, 0.25) is 0 Å². The molecule has 0 fully saturated rings. The van der Waals surface area contributed by atoms with Crippen molar-refractivity contribution in [2.24, 2.45) is 7.05 Å². The summed E-state index contributed by atoms with van der Waals surface area (Å²) in [5.41, 5.74) is 2.55. The highest BCUT2D eigenvalue weighted by Crippen LogP contribution is 2.12. The minimum atomic E-state index is -0.173. The maximum absolute atomic E-state index is 12.5. The molecule has 4 heteroatoms. The van der Waals surface area contributed by atoms with Gasteiger partial charge in [-0.3, -0.25) is 9.59 Å². The van der Waals surface area contributed by atoms with E-state index in [0.717, 1.165) is 11.1 Å². The smallest absolute Gasteiger partial charge is 0.254 e. The summed E-state index contributed by atoms with van der Waals surface area (Å²) in [4.78, 5) is 25.9. The summed E-state index contributed by atoms with van der Waals surface area (Å²) in [6, 6.07) is 11.1. The van der Waals surface area contributed by atoms with Gasteiger partial charge in [-0.1, -0.05) is 24.3 Å². The first-order valence-corrected chi connectivity index (χ1v) is 7.03. The minimum absolute atomic E-state index is 0.113. The van der Waals surface area contributed by atoms with Crippen LogP contribution in [0.4, 0.5) is 0 Å². The van der Waals surface area contributed by atoms with Crippen LogP contribution in [0.1, 0.15) is 28.4 Å². The van der Waals surface area contributed by atoms with E-state index in [1.165, 1.54) is 10.6 Å². The largest absolute Gasteiger partial charge is 0.335 e. The van der Waals surface area contributed by atoms with Crippen molar-refractivity contribution in [1.29, 1.82) is 0 Å². The molecule has 1 aromatic heterocycles. The average Bonchev–Trinajstić information content (AvgIpc) is 2.48. The lowest BCUT2D eigenvalue weighted by molar-refractivity contribution is 0.0752. The highest BCUT2D eigenvalue weighted by atomic mass is 16.2. The zero-order valence-corrected chi connectivity index (χ0v) is 12.7. The standard InChI is InChI=1S/C17H20N2O2/c1-4-19(12-15-8-6-5-7-13(15)2)17(21)14-9-10-18(3)16(20)11-14/h5-11H,4,12H2,1-3H3. The van der Waals surface area contributed by atoms with Gasteiger partial charge < -0.3 is 9.47 Å². The van der Waals surface area contributed by atoms with Crippen molar-refractivity contribution in [2.75, 3.05) is 6.54 Å². The Balaban J connectivity index is 2.24. The third-order valence-electron chi connectivity index (χ3n) is 3.64. The molecule has 0 unspecified atom stereocenters. The van der Waals surface area contributed by atoms with Crippen LogP contribution < -0.4 is 5.56 Å². The van der Waals surface area contributed by atoms with Crippen molar-refractivity contribution >= 4 is 5.91 Å². The summed E-state index contributed by atoms with van der Waals surface area (Å²) in [5, 5.41) is 0. The maximum Gasteiger partial charge on any atom is 0.254 e. The van der Waals surface area contributed by atoms with Gasteiger partial charge in [-0.15, -0.1) is 0 Å². The van der Waals surface area contributed by atoms with E-state index in [1.54, 1.807) is 24.2 Å². The van der Waals surface area contributed by atoms with Gasteiger partial charge in [0.1, 0.15) is 0 Å². The molecule has 0 aliphatic heterocycles. The second-order valence-electron chi connectivity index (χ2n) is 5.11. The SMILES string of the molecule is CCN(Cc1ccccc1C)C(=O)c1ccn(C)c(=O)c1. The number of nitrogens with zero attached hydrogens (tertiary/aromatic N) is 2. The van der Waals surface area contributed by atoms with Crippen molar-refractivity contribution in [3.05, 3.63) is 69.6 Å². The number of hydrogen-bond donors (Lipinski definition) is 0. The fourth-order valence-electron chi connectivity index (χ4n) is 2.18. The molecule has 0 atom stereocenters. The molecule has 0 bridgehead atoms. The van der Waals surface area contributed by atoms with Crippen LogP contribution in [0, 0.1) is 6.92 Å². The van der Waals surface area contributed by atoms with E-state index in [4.69, 9.17) is 0 Å². The Labute approximate surface area is 124 Å². The highest BCUT2D eigenvalue weighted by Gasteiger charge is 2.15. The monoisotopic (exact) mass is 284 g/mol. The number of benzene rings is 1. The van der Waals surface area contributed by atoms with Gasteiger partial charge in [-0.05, 0) is 31.0 Å². The quantitative estimate of drug-likeness (QED) is 0.865. The Morgan fingerprint density at radius 3 is 2.57 bits per heavy atom. The highest BCUT2D eigenvalue weighted by molar-refractivity contribution is 5.94. The normalized spacial score (nSPS) is 10.4. The first-order valence-electron chi connectivity index (χ1n) is 7.03. The van der Waals surface area contributed by atoms with Crippen molar-refractivity contribution in [2.45, 2.75) is 20.4 Å². The lowest BCUT2D eigenvalue weighted by Gasteiger charge is -2.22. The van der Waals surface area contributed by atoms with E-state index in [-0.39, 0.29) is 11.5 Å². The number of rotatable bonds is 4. The van der Waals surface area contributed by atoms with Crippen LogP contribution >= 0.6 is 0 Å².